The summed E-state index contributed by atoms with van der Waals surface area (Å²) in [6, 6.07) is 3.78. The number of nitrogens with zero attached hydrogens (tertiary/aromatic N) is 2. The summed E-state index contributed by atoms with van der Waals surface area (Å²) in [5.74, 6) is 0.767. The molecule has 1 atom stereocenters. The Morgan fingerprint density at radius 3 is 2.82 bits per heavy atom. The Hall–Kier alpha value is -1.46. The summed E-state index contributed by atoms with van der Waals surface area (Å²) >= 11 is 0. The summed E-state index contributed by atoms with van der Waals surface area (Å²) in [5.41, 5.74) is 0.691. The Morgan fingerprint density at radius 1 is 1.27 bits per heavy atom. The first-order valence-electron chi connectivity index (χ1n) is 8.32. The van der Waals surface area contributed by atoms with E-state index in [1.165, 1.54) is 12.8 Å². The third-order valence-corrected chi connectivity index (χ3v) is 4.64. The fourth-order valence-corrected chi connectivity index (χ4v) is 3.41. The Labute approximate surface area is 132 Å². The lowest BCUT2D eigenvalue weighted by Crippen LogP contribution is -2.49. The predicted octanol–water partition coefficient (Wildman–Crippen LogP) is 1.70. The summed E-state index contributed by atoms with van der Waals surface area (Å²) in [5, 5.41) is 3.17. The summed E-state index contributed by atoms with van der Waals surface area (Å²) in [4.78, 5) is 18.7. The lowest BCUT2D eigenvalue weighted by molar-refractivity contribution is 0.0469. The number of carbonyl (C=O) groups is 1. The van der Waals surface area contributed by atoms with Gasteiger partial charge in [-0.05, 0) is 50.3 Å². The molecule has 0 aromatic carbocycles. The van der Waals surface area contributed by atoms with Gasteiger partial charge in [-0.3, -0.25) is 9.78 Å². The summed E-state index contributed by atoms with van der Waals surface area (Å²) in [7, 11) is 0. The van der Waals surface area contributed by atoms with E-state index in [2.05, 4.69) is 15.2 Å². The number of amides is 1. The second-order valence-electron chi connectivity index (χ2n) is 6.36. The molecule has 0 saturated carbocycles. The Morgan fingerprint density at radius 2 is 2.05 bits per heavy atom. The first-order chi connectivity index (χ1) is 10.8. The van der Waals surface area contributed by atoms with Crippen molar-refractivity contribution in [3.05, 3.63) is 30.1 Å². The van der Waals surface area contributed by atoms with Crippen LogP contribution in [0.5, 0.6) is 0 Å². The van der Waals surface area contributed by atoms with Gasteiger partial charge in [0.25, 0.3) is 5.91 Å². The third kappa shape index (κ3) is 4.27. The van der Waals surface area contributed by atoms with E-state index in [0.717, 1.165) is 51.6 Å². The number of hydrogen-bond donors (Lipinski definition) is 1. The van der Waals surface area contributed by atoms with Gasteiger partial charge in [0.1, 0.15) is 0 Å². The highest BCUT2D eigenvalue weighted by molar-refractivity contribution is 5.94. The van der Waals surface area contributed by atoms with Gasteiger partial charge in [0.15, 0.2) is 0 Å². The van der Waals surface area contributed by atoms with Gasteiger partial charge >= 0.3 is 0 Å². The Balaban J connectivity index is 1.49. The SMILES string of the molecule is O=C(NC1CCCN(CC2CCOCC2)C1)c1ccncc1. The predicted molar refractivity (Wildman–Crippen MR) is 84.7 cm³/mol. The number of rotatable bonds is 4. The molecule has 3 rings (SSSR count). The molecule has 3 heterocycles. The van der Waals surface area contributed by atoms with Crippen LogP contribution in [0.3, 0.4) is 0 Å². The fraction of sp³-hybridized carbons (Fsp3) is 0.647. The molecule has 2 aliphatic rings. The van der Waals surface area contributed by atoms with Gasteiger partial charge < -0.3 is 15.0 Å². The van der Waals surface area contributed by atoms with Gasteiger partial charge in [0, 0.05) is 50.3 Å². The molecule has 2 saturated heterocycles. The van der Waals surface area contributed by atoms with Crippen molar-refractivity contribution in [3.8, 4) is 0 Å². The number of carbonyl (C=O) groups excluding carboxylic acids is 1. The van der Waals surface area contributed by atoms with Crippen LogP contribution in [0, 0.1) is 5.92 Å². The fourth-order valence-electron chi connectivity index (χ4n) is 3.41. The summed E-state index contributed by atoms with van der Waals surface area (Å²) in [6.07, 6.45) is 7.89. The number of ether oxygens (including phenoxy) is 1. The van der Waals surface area contributed by atoms with Crippen molar-refractivity contribution in [2.45, 2.75) is 31.7 Å². The van der Waals surface area contributed by atoms with E-state index in [1.54, 1.807) is 24.5 Å². The highest BCUT2D eigenvalue weighted by atomic mass is 16.5. The molecule has 0 aliphatic carbocycles. The maximum Gasteiger partial charge on any atom is 0.251 e. The minimum Gasteiger partial charge on any atom is -0.381 e. The van der Waals surface area contributed by atoms with Crippen molar-refractivity contribution in [3.63, 3.8) is 0 Å². The van der Waals surface area contributed by atoms with Gasteiger partial charge in [-0.25, -0.2) is 0 Å². The number of hydrogen-bond acceptors (Lipinski definition) is 4. The van der Waals surface area contributed by atoms with E-state index in [-0.39, 0.29) is 11.9 Å². The van der Waals surface area contributed by atoms with Crippen LogP contribution in [-0.4, -0.2) is 54.7 Å². The zero-order valence-corrected chi connectivity index (χ0v) is 13.0. The van der Waals surface area contributed by atoms with Crippen molar-refractivity contribution in [2.75, 3.05) is 32.8 Å². The van der Waals surface area contributed by atoms with Gasteiger partial charge in [-0.15, -0.1) is 0 Å². The smallest absolute Gasteiger partial charge is 0.251 e. The van der Waals surface area contributed by atoms with Gasteiger partial charge in [0.2, 0.25) is 0 Å². The minimum atomic E-state index is 0.0142. The average molecular weight is 303 g/mol. The van der Waals surface area contributed by atoms with Crippen LogP contribution in [0.2, 0.25) is 0 Å². The van der Waals surface area contributed by atoms with Crippen molar-refractivity contribution in [1.82, 2.24) is 15.2 Å². The van der Waals surface area contributed by atoms with Crippen LogP contribution in [-0.2, 0) is 4.74 Å². The molecule has 22 heavy (non-hydrogen) atoms. The maximum atomic E-state index is 12.2. The van der Waals surface area contributed by atoms with Crippen molar-refractivity contribution in [2.24, 2.45) is 5.92 Å². The third-order valence-electron chi connectivity index (χ3n) is 4.64. The molecule has 0 bridgehead atoms. The molecule has 120 valence electrons. The van der Waals surface area contributed by atoms with E-state index in [0.29, 0.717) is 5.56 Å². The second kappa shape index (κ2) is 7.70. The van der Waals surface area contributed by atoms with E-state index in [9.17, 15) is 4.79 Å². The highest BCUT2D eigenvalue weighted by Crippen LogP contribution is 2.19. The van der Waals surface area contributed by atoms with Gasteiger partial charge in [-0.1, -0.05) is 0 Å². The van der Waals surface area contributed by atoms with Crippen LogP contribution in [0.4, 0.5) is 0 Å². The van der Waals surface area contributed by atoms with E-state index in [4.69, 9.17) is 4.74 Å². The second-order valence-corrected chi connectivity index (χ2v) is 6.36. The van der Waals surface area contributed by atoms with Crippen LogP contribution in [0.25, 0.3) is 0 Å². The van der Waals surface area contributed by atoms with Crippen LogP contribution < -0.4 is 5.32 Å². The molecule has 1 aromatic rings. The topological polar surface area (TPSA) is 54.5 Å². The molecule has 1 unspecified atom stereocenters. The van der Waals surface area contributed by atoms with Crippen LogP contribution >= 0.6 is 0 Å². The number of piperidine rings is 1. The lowest BCUT2D eigenvalue weighted by atomic mass is 9.97. The standard InChI is InChI=1S/C17H25N3O2/c21-17(15-3-7-18-8-4-15)19-16-2-1-9-20(13-16)12-14-5-10-22-11-6-14/h3-4,7-8,14,16H,1-2,5-6,9-13H2,(H,19,21). The summed E-state index contributed by atoms with van der Waals surface area (Å²) in [6.45, 7) is 5.07. The normalized spacial score (nSPS) is 24.1. The lowest BCUT2D eigenvalue weighted by Gasteiger charge is -2.36. The van der Waals surface area contributed by atoms with Gasteiger partial charge in [0.05, 0.1) is 0 Å². The quantitative estimate of drug-likeness (QED) is 0.920. The number of nitrogens with one attached hydrogen (secondary N) is 1. The van der Waals surface area contributed by atoms with Gasteiger partial charge in [-0.2, -0.15) is 0 Å². The zero-order chi connectivity index (χ0) is 15.2. The molecule has 1 amide bonds. The monoisotopic (exact) mass is 303 g/mol. The van der Waals surface area contributed by atoms with E-state index < -0.39 is 0 Å². The largest absolute Gasteiger partial charge is 0.381 e. The number of pyridine rings is 1. The van der Waals surface area contributed by atoms with Crippen molar-refractivity contribution >= 4 is 5.91 Å². The molecule has 1 N–H and O–H groups in total. The molecule has 5 nitrogen and oxygen atoms in total. The molecule has 5 heteroatoms. The Kier molecular flexibility index (Phi) is 5.40. The first-order valence-corrected chi connectivity index (χ1v) is 8.32. The molecule has 0 spiro atoms. The molecule has 2 aliphatic heterocycles. The number of aromatic nitrogens is 1. The van der Waals surface area contributed by atoms with Crippen molar-refractivity contribution in [1.29, 1.82) is 0 Å². The average Bonchev–Trinajstić information content (AvgIpc) is 2.57. The Bertz CT molecular complexity index is 474. The number of likely N-dealkylation sites (tertiary alicyclic amines) is 1. The molecule has 2 fully saturated rings. The molecular weight excluding hydrogens is 278 g/mol. The highest BCUT2D eigenvalue weighted by Gasteiger charge is 2.24. The summed E-state index contributed by atoms with van der Waals surface area (Å²) < 4.78 is 5.43. The van der Waals surface area contributed by atoms with Crippen LogP contribution in [0.15, 0.2) is 24.5 Å². The van der Waals surface area contributed by atoms with Crippen molar-refractivity contribution < 1.29 is 9.53 Å². The first kappa shape index (κ1) is 15.4. The van der Waals surface area contributed by atoms with E-state index in [1.807, 2.05) is 0 Å². The van der Waals surface area contributed by atoms with E-state index >= 15 is 0 Å². The molecule has 1 aromatic heterocycles. The molecule has 0 radical (unpaired) electrons. The minimum absolute atomic E-state index is 0.0142. The maximum absolute atomic E-state index is 12.2. The zero-order valence-electron chi connectivity index (χ0n) is 13.0. The van der Waals surface area contributed by atoms with Crippen LogP contribution in [0.1, 0.15) is 36.0 Å². The molecular formula is C17H25N3O2.